The summed E-state index contributed by atoms with van der Waals surface area (Å²) in [5.74, 6) is 0. The lowest BCUT2D eigenvalue weighted by molar-refractivity contribution is 0.0933. The number of hydrogen-bond donors (Lipinski definition) is 0. The van der Waals surface area contributed by atoms with Crippen LogP contribution in [0.15, 0.2) is 43.2 Å². The highest BCUT2D eigenvalue weighted by molar-refractivity contribution is 5.71. The van der Waals surface area contributed by atoms with Gasteiger partial charge in [0, 0.05) is 19.1 Å². The monoisotopic (exact) mass is 316 g/mol. The van der Waals surface area contributed by atoms with E-state index in [9.17, 15) is 9.59 Å². The average molecular weight is 316 g/mol. The fraction of sp³-hybridized carbons (Fsp3) is 0.412. The summed E-state index contributed by atoms with van der Waals surface area (Å²) in [5.41, 5.74) is 1.08. The Bertz CT molecular complexity index is 582. The number of benzene rings is 1. The van der Waals surface area contributed by atoms with Crippen molar-refractivity contribution in [1.29, 1.82) is 0 Å². The van der Waals surface area contributed by atoms with E-state index in [0.29, 0.717) is 32.5 Å². The summed E-state index contributed by atoms with van der Waals surface area (Å²) in [4.78, 5) is 27.3. The number of hydrogen-bond acceptors (Lipinski definition) is 4. The molecule has 1 unspecified atom stereocenters. The Hall–Kier alpha value is -2.50. The van der Waals surface area contributed by atoms with E-state index in [1.54, 1.807) is 4.90 Å². The van der Waals surface area contributed by atoms with Gasteiger partial charge in [-0.15, -0.1) is 0 Å². The van der Waals surface area contributed by atoms with Gasteiger partial charge in [0.15, 0.2) is 0 Å². The molecular formula is C17H20N2O4. The van der Waals surface area contributed by atoms with Crippen LogP contribution in [0.25, 0.3) is 0 Å². The topological polar surface area (TPSA) is 59.1 Å². The Morgan fingerprint density at radius 2 is 1.96 bits per heavy atom. The summed E-state index contributed by atoms with van der Waals surface area (Å²) in [7, 11) is 0. The fourth-order valence-corrected chi connectivity index (χ4v) is 3.24. The highest BCUT2D eigenvalue weighted by Crippen LogP contribution is 2.33. The van der Waals surface area contributed by atoms with Crippen LogP contribution in [-0.2, 0) is 9.47 Å². The van der Waals surface area contributed by atoms with Gasteiger partial charge < -0.3 is 14.4 Å². The van der Waals surface area contributed by atoms with Gasteiger partial charge in [-0.1, -0.05) is 36.9 Å². The zero-order valence-corrected chi connectivity index (χ0v) is 12.9. The van der Waals surface area contributed by atoms with Crippen molar-refractivity contribution in [2.24, 2.45) is 0 Å². The summed E-state index contributed by atoms with van der Waals surface area (Å²) in [6.07, 6.45) is 1.90. The molecule has 0 bridgehead atoms. The molecule has 2 saturated heterocycles. The predicted octanol–water partition coefficient (Wildman–Crippen LogP) is 2.92. The third-order valence-corrected chi connectivity index (χ3v) is 4.40. The summed E-state index contributed by atoms with van der Waals surface area (Å²) in [6.45, 7) is 4.88. The van der Waals surface area contributed by atoms with Crippen LogP contribution < -0.4 is 0 Å². The summed E-state index contributed by atoms with van der Waals surface area (Å²) >= 11 is 0. The molecule has 6 nitrogen and oxygen atoms in total. The zero-order valence-electron chi connectivity index (χ0n) is 12.9. The molecule has 0 N–H and O–H groups in total. The molecule has 0 spiro atoms. The minimum Gasteiger partial charge on any atom is -0.447 e. The molecule has 122 valence electrons. The lowest BCUT2D eigenvalue weighted by Crippen LogP contribution is -2.47. The van der Waals surface area contributed by atoms with Crippen LogP contribution in [0, 0.1) is 0 Å². The zero-order chi connectivity index (χ0) is 16.2. The van der Waals surface area contributed by atoms with Crippen LogP contribution in [-0.4, -0.2) is 47.7 Å². The van der Waals surface area contributed by atoms with Crippen molar-refractivity contribution in [2.75, 3.05) is 19.7 Å². The Labute approximate surface area is 135 Å². The van der Waals surface area contributed by atoms with Crippen molar-refractivity contribution in [2.45, 2.75) is 24.9 Å². The number of amides is 2. The summed E-state index contributed by atoms with van der Waals surface area (Å²) in [5, 5.41) is 0. The van der Waals surface area contributed by atoms with Gasteiger partial charge in [0.05, 0.1) is 12.3 Å². The number of nitrogens with zero attached hydrogens (tertiary/aromatic N) is 2. The molecule has 0 radical (unpaired) electrons. The Morgan fingerprint density at radius 3 is 2.61 bits per heavy atom. The van der Waals surface area contributed by atoms with Crippen molar-refractivity contribution in [1.82, 2.24) is 9.80 Å². The second-order valence-electron chi connectivity index (χ2n) is 5.68. The maximum atomic E-state index is 12.2. The van der Waals surface area contributed by atoms with Crippen LogP contribution in [0.3, 0.4) is 0 Å². The lowest BCUT2D eigenvalue weighted by Gasteiger charge is -2.37. The standard InChI is InChI=1S/C17H20N2O4/c1-2-22-16(20)18-10-8-14(9-11-18)19-15(12-23-17(19)21)13-6-4-3-5-7-13/h2-7,14-15H,1,8-12H2. The molecule has 0 saturated carbocycles. The van der Waals surface area contributed by atoms with E-state index in [0.717, 1.165) is 11.8 Å². The molecule has 2 heterocycles. The van der Waals surface area contributed by atoms with E-state index in [1.807, 2.05) is 35.2 Å². The minimum absolute atomic E-state index is 0.0552. The number of carbonyl (C=O) groups excluding carboxylic acids is 2. The van der Waals surface area contributed by atoms with Crippen molar-refractivity contribution in [3.63, 3.8) is 0 Å². The van der Waals surface area contributed by atoms with Crippen molar-refractivity contribution >= 4 is 12.2 Å². The molecule has 3 rings (SSSR count). The van der Waals surface area contributed by atoms with E-state index in [1.165, 1.54) is 0 Å². The van der Waals surface area contributed by atoms with E-state index >= 15 is 0 Å². The maximum Gasteiger partial charge on any atom is 0.414 e. The van der Waals surface area contributed by atoms with Crippen LogP contribution in [0.4, 0.5) is 9.59 Å². The highest BCUT2D eigenvalue weighted by atomic mass is 16.6. The van der Waals surface area contributed by atoms with Crippen LogP contribution in [0.2, 0.25) is 0 Å². The van der Waals surface area contributed by atoms with Crippen LogP contribution in [0.5, 0.6) is 0 Å². The first-order valence-electron chi connectivity index (χ1n) is 7.77. The molecule has 1 aromatic rings. The normalized spacial score (nSPS) is 21.9. The first-order valence-corrected chi connectivity index (χ1v) is 7.77. The Balaban J connectivity index is 1.67. The SMILES string of the molecule is C=COC(=O)N1CCC(N2C(=O)OCC2c2ccccc2)CC1. The van der Waals surface area contributed by atoms with Crippen LogP contribution in [0.1, 0.15) is 24.4 Å². The number of cyclic esters (lactones) is 1. The molecule has 2 aliphatic heterocycles. The largest absolute Gasteiger partial charge is 0.447 e. The third-order valence-electron chi connectivity index (χ3n) is 4.40. The second-order valence-corrected chi connectivity index (χ2v) is 5.68. The number of piperidine rings is 1. The van der Waals surface area contributed by atoms with Gasteiger partial charge in [0.1, 0.15) is 6.61 Å². The Kier molecular flexibility index (Phi) is 4.50. The van der Waals surface area contributed by atoms with Gasteiger partial charge in [-0.3, -0.25) is 4.90 Å². The Morgan fingerprint density at radius 1 is 1.26 bits per heavy atom. The van der Waals surface area contributed by atoms with Gasteiger partial charge >= 0.3 is 12.2 Å². The van der Waals surface area contributed by atoms with E-state index in [2.05, 4.69) is 6.58 Å². The molecule has 2 amide bonds. The summed E-state index contributed by atoms with van der Waals surface area (Å²) in [6, 6.07) is 9.92. The molecule has 6 heteroatoms. The molecule has 0 aliphatic carbocycles. The van der Waals surface area contributed by atoms with Gasteiger partial charge in [0.2, 0.25) is 0 Å². The molecule has 0 aromatic heterocycles. The van der Waals surface area contributed by atoms with Gasteiger partial charge in [-0.25, -0.2) is 9.59 Å². The molecule has 1 aromatic carbocycles. The molecule has 1 atom stereocenters. The van der Waals surface area contributed by atoms with Crippen molar-refractivity contribution in [3.8, 4) is 0 Å². The van der Waals surface area contributed by atoms with Crippen molar-refractivity contribution < 1.29 is 19.1 Å². The van der Waals surface area contributed by atoms with Gasteiger partial charge in [-0.2, -0.15) is 0 Å². The van der Waals surface area contributed by atoms with Crippen molar-refractivity contribution in [3.05, 3.63) is 48.7 Å². The predicted molar refractivity (Wildman–Crippen MR) is 83.6 cm³/mol. The number of likely N-dealkylation sites (tertiary alicyclic amines) is 1. The highest BCUT2D eigenvalue weighted by Gasteiger charge is 2.40. The van der Waals surface area contributed by atoms with E-state index in [4.69, 9.17) is 9.47 Å². The molecule has 23 heavy (non-hydrogen) atoms. The van der Waals surface area contributed by atoms with Crippen LogP contribution >= 0.6 is 0 Å². The minimum atomic E-state index is -0.387. The fourth-order valence-electron chi connectivity index (χ4n) is 3.24. The van der Waals surface area contributed by atoms with E-state index in [-0.39, 0.29) is 24.3 Å². The second kappa shape index (κ2) is 6.73. The maximum absolute atomic E-state index is 12.2. The van der Waals surface area contributed by atoms with Gasteiger partial charge in [-0.05, 0) is 18.4 Å². The lowest BCUT2D eigenvalue weighted by atomic mass is 9.99. The number of carbonyl (C=O) groups is 2. The molecule has 2 fully saturated rings. The van der Waals surface area contributed by atoms with Gasteiger partial charge in [0.25, 0.3) is 0 Å². The van der Waals surface area contributed by atoms with E-state index < -0.39 is 0 Å². The first-order chi connectivity index (χ1) is 11.2. The molecule has 2 aliphatic rings. The third kappa shape index (κ3) is 3.16. The summed E-state index contributed by atoms with van der Waals surface area (Å²) < 4.78 is 10.1. The smallest absolute Gasteiger partial charge is 0.414 e. The average Bonchev–Trinajstić information content (AvgIpc) is 2.97. The number of rotatable bonds is 3. The number of ether oxygens (including phenoxy) is 2. The quantitative estimate of drug-likeness (QED) is 0.805. The first kappa shape index (κ1) is 15.4. The molecular weight excluding hydrogens is 296 g/mol.